The lowest BCUT2D eigenvalue weighted by atomic mass is 10.1. The number of hydrogen-bond acceptors (Lipinski definition) is 7. The first-order valence-corrected chi connectivity index (χ1v) is 11.2. The van der Waals surface area contributed by atoms with Crippen molar-refractivity contribution in [3.05, 3.63) is 59.5 Å². The molecule has 2 aromatic heterocycles. The third-order valence-electron chi connectivity index (χ3n) is 3.81. The first-order valence-electron chi connectivity index (χ1n) is 8.08. The summed E-state index contributed by atoms with van der Waals surface area (Å²) in [5.74, 6) is 0.558. The summed E-state index contributed by atoms with van der Waals surface area (Å²) in [6, 6.07) is 10.0. The maximum absolute atomic E-state index is 12.5. The highest BCUT2D eigenvalue weighted by Crippen LogP contribution is 2.29. The minimum absolute atomic E-state index is 0.0637. The van der Waals surface area contributed by atoms with Gasteiger partial charge >= 0.3 is 0 Å². The van der Waals surface area contributed by atoms with Crippen LogP contribution in [0, 0.1) is 0 Å². The zero-order valence-electron chi connectivity index (χ0n) is 15.1. The average Bonchev–Trinajstić information content (AvgIpc) is 2.72. The number of aromatic nitrogens is 3. The Balaban J connectivity index is 1.75. The fraction of sp³-hybridized carbons (Fsp3) is 0.167. The van der Waals surface area contributed by atoms with Crippen molar-refractivity contribution in [3.63, 3.8) is 0 Å². The van der Waals surface area contributed by atoms with Crippen molar-refractivity contribution in [2.75, 3.05) is 13.4 Å². The van der Waals surface area contributed by atoms with Gasteiger partial charge in [0.1, 0.15) is 10.6 Å². The monoisotopic (exact) mass is 436 g/mol. The van der Waals surface area contributed by atoms with Crippen LogP contribution in [0.15, 0.2) is 58.8 Å². The standard InChI is InChI=1S/C18H17ClN4O3S2/c1-26-17-6-3-12(9-15(17)19)16-5-4-14(11-21-16)28(24,25)22-10-13-7-8-20-18(23-13)27-2/h3-9,11,22H,10H2,1-2H3. The molecule has 0 unspecified atom stereocenters. The van der Waals surface area contributed by atoms with Gasteiger partial charge < -0.3 is 4.74 Å². The zero-order chi connectivity index (χ0) is 20.1. The summed E-state index contributed by atoms with van der Waals surface area (Å²) in [6.07, 6.45) is 4.76. The number of benzene rings is 1. The normalized spacial score (nSPS) is 11.4. The Labute approximate surface area is 172 Å². The molecule has 146 valence electrons. The van der Waals surface area contributed by atoms with E-state index in [0.717, 1.165) is 5.56 Å². The second-order valence-corrected chi connectivity index (χ2v) is 8.54. The number of ether oxygens (including phenoxy) is 1. The molecule has 2 heterocycles. The molecule has 0 radical (unpaired) electrons. The van der Waals surface area contributed by atoms with Crippen LogP contribution in [0.5, 0.6) is 5.75 Å². The Hall–Kier alpha value is -2.20. The predicted molar refractivity (Wildman–Crippen MR) is 109 cm³/mol. The molecule has 7 nitrogen and oxygen atoms in total. The van der Waals surface area contributed by atoms with Gasteiger partial charge in [-0.15, -0.1) is 0 Å². The molecule has 1 aromatic carbocycles. The SMILES string of the molecule is COc1ccc(-c2ccc(S(=O)(=O)NCc3ccnc(SC)n3)cn2)cc1Cl. The number of halogens is 1. The lowest BCUT2D eigenvalue weighted by Gasteiger charge is -2.08. The fourth-order valence-electron chi connectivity index (χ4n) is 2.36. The third-order valence-corrected chi connectivity index (χ3v) is 6.05. The molecule has 0 saturated carbocycles. The molecular weight excluding hydrogens is 420 g/mol. The maximum atomic E-state index is 12.5. The molecule has 0 aliphatic heterocycles. The van der Waals surface area contributed by atoms with Crippen LogP contribution in [0.1, 0.15) is 5.69 Å². The average molecular weight is 437 g/mol. The van der Waals surface area contributed by atoms with E-state index in [4.69, 9.17) is 16.3 Å². The summed E-state index contributed by atoms with van der Waals surface area (Å²) in [5.41, 5.74) is 1.94. The van der Waals surface area contributed by atoms with Crippen molar-refractivity contribution in [1.82, 2.24) is 19.7 Å². The number of nitrogens with one attached hydrogen (secondary N) is 1. The van der Waals surface area contributed by atoms with Crippen LogP contribution in [0.4, 0.5) is 0 Å². The highest BCUT2D eigenvalue weighted by atomic mass is 35.5. The zero-order valence-corrected chi connectivity index (χ0v) is 17.5. The highest BCUT2D eigenvalue weighted by Gasteiger charge is 2.15. The largest absolute Gasteiger partial charge is 0.495 e. The Morgan fingerprint density at radius 2 is 2.00 bits per heavy atom. The molecule has 0 amide bonds. The van der Waals surface area contributed by atoms with Crippen LogP contribution in [-0.4, -0.2) is 36.7 Å². The van der Waals surface area contributed by atoms with Crippen LogP contribution in [0.25, 0.3) is 11.3 Å². The summed E-state index contributed by atoms with van der Waals surface area (Å²) in [7, 11) is -2.18. The molecule has 0 aliphatic rings. The smallest absolute Gasteiger partial charge is 0.242 e. The van der Waals surface area contributed by atoms with Crippen molar-refractivity contribution in [2.24, 2.45) is 0 Å². The van der Waals surface area contributed by atoms with Crippen molar-refractivity contribution < 1.29 is 13.2 Å². The molecular formula is C18H17ClN4O3S2. The number of nitrogens with zero attached hydrogens (tertiary/aromatic N) is 3. The van der Waals surface area contributed by atoms with Crippen LogP contribution in [0.2, 0.25) is 5.02 Å². The van der Waals surface area contributed by atoms with E-state index in [0.29, 0.717) is 27.3 Å². The molecule has 28 heavy (non-hydrogen) atoms. The molecule has 3 rings (SSSR count). The van der Waals surface area contributed by atoms with Gasteiger partial charge in [0, 0.05) is 18.0 Å². The molecule has 0 bridgehead atoms. The van der Waals surface area contributed by atoms with Crippen LogP contribution in [-0.2, 0) is 16.6 Å². The Morgan fingerprint density at radius 1 is 1.18 bits per heavy atom. The van der Waals surface area contributed by atoms with Gasteiger partial charge in [0.05, 0.1) is 30.1 Å². The molecule has 0 spiro atoms. The van der Waals surface area contributed by atoms with Gasteiger partial charge in [0.25, 0.3) is 0 Å². The molecule has 1 N–H and O–H groups in total. The Kier molecular flexibility index (Phi) is 6.50. The maximum Gasteiger partial charge on any atom is 0.242 e. The highest BCUT2D eigenvalue weighted by molar-refractivity contribution is 7.98. The minimum Gasteiger partial charge on any atom is -0.495 e. The Morgan fingerprint density at radius 3 is 2.64 bits per heavy atom. The summed E-state index contributed by atoms with van der Waals surface area (Å²) >= 11 is 7.52. The summed E-state index contributed by atoms with van der Waals surface area (Å²) in [4.78, 5) is 12.6. The lowest BCUT2D eigenvalue weighted by Crippen LogP contribution is -2.24. The van der Waals surface area contributed by atoms with Crippen molar-refractivity contribution >= 4 is 33.4 Å². The number of thioether (sulfide) groups is 1. The first-order chi connectivity index (χ1) is 13.4. The van der Waals surface area contributed by atoms with E-state index >= 15 is 0 Å². The predicted octanol–water partition coefficient (Wildman–Crippen LogP) is 3.40. The quantitative estimate of drug-likeness (QED) is 0.448. The molecule has 10 heteroatoms. The number of sulfonamides is 1. The van der Waals surface area contributed by atoms with E-state index in [2.05, 4.69) is 19.7 Å². The van der Waals surface area contributed by atoms with Gasteiger partial charge in [-0.2, -0.15) is 0 Å². The van der Waals surface area contributed by atoms with Crippen LogP contribution >= 0.6 is 23.4 Å². The molecule has 0 fully saturated rings. The van der Waals surface area contributed by atoms with Crippen LogP contribution in [0.3, 0.4) is 0 Å². The van der Waals surface area contributed by atoms with E-state index < -0.39 is 10.0 Å². The second-order valence-electron chi connectivity index (χ2n) is 5.59. The van der Waals surface area contributed by atoms with Gasteiger partial charge in [-0.3, -0.25) is 4.98 Å². The molecule has 0 atom stereocenters. The van der Waals surface area contributed by atoms with Gasteiger partial charge in [0.2, 0.25) is 10.0 Å². The van der Waals surface area contributed by atoms with Crippen molar-refractivity contribution in [3.8, 4) is 17.0 Å². The van der Waals surface area contributed by atoms with Gasteiger partial charge in [-0.25, -0.2) is 23.1 Å². The summed E-state index contributed by atoms with van der Waals surface area (Å²) < 4.78 is 32.7. The molecule has 0 aliphatic carbocycles. The number of pyridine rings is 1. The van der Waals surface area contributed by atoms with Gasteiger partial charge in [-0.05, 0) is 42.7 Å². The number of methoxy groups -OCH3 is 1. The van der Waals surface area contributed by atoms with Gasteiger partial charge in [0.15, 0.2) is 5.16 Å². The fourth-order valence-corrected chi connectivity index (χ4v) is 3.94. The second kappa shape index (κ2) is 8.87. The lowest BCUT2D eigenvalue weighted by molar-refractivity contribution is 0.415. The third kappa shape index (κ3) is 4.79. The topological polar surface area (TPSA) is 94.1 Å². The van der Waals surface area contributed by atoms with Crippen LogP contribution < -0.4 is 9.46 Å². The van der Waals surface area contributed by atoms with E-state index in [1.54, 1.807) is 36.5 Å². The first kappa shape index (κ1) is 20.5. The number of rotatable bonds is 7. The molecule has 0 saturated heterocycles. The minimum atomic E-state index is -3.72. The number of hydrogen-bond donors (Lipinski definition) is 1. The van der Waals surface area contributed by atoms with E-state index in [-0.39, 0.29) is 11.4 Å². The van der Waals surface area contributed by atoms with Crippen molar-refractivity contribution in [1.29, 1.82) is 0 Å². The molecule has 3 aromatic rings. The van der Waals surface area contributed by atoms with Crippen molar-refractivity contribution in [2.45, 2.75) is 16.6 Å². The summed E-state index contributed by atoms with van der Waals surface area (Å²) in [6.45, 7) is 0.0637. The summed E-state index contributed by atoms with van der Waals surface area (Å²) in [5, 5.41) is 1.04. The Bertz CT molecular complexity index is 1080. The van der Waals surface area contributed by atoms with E-state index in [1.807, 2.05) is 6.26 Å². The van der Waals surface area contributed by atoms with E-state index in [1.165, 1.54) is 31.1 Å². The van der Waals surface area contributed by atoms with Gasteiger partial charge in [-0.1, -0.05) is 23.4 Å². The van der Waals surface area contributed by atoms with E-state index in [9.17, 15) is 8.42 Å².